The number of carbonyl (C=O) groups is 1. The largest absolute Gasteiger partial charge is 0.381 e. The number of hydrogen-bond donors (Lipinski definition) is 1. The van der Waals surface area contributed by atoms with Crippen LogP contribution in [0.4, 0.5) is 0 Å². The number of nitrogens with two attached hydrogens (primary N) is 1. The van der Waals surface area contributed by atoms with Crippen LogP contribution in [0.15, 0.2) is 0 Å². The van der Waals surface area contributed by atoms with Gasteiger partial charge in [-0.3, -0.25) is 4.79 Å². The number of nitrogens with zero attached hydrogens (tertiary/aromatic N) is 2. The molecule has 0 radical (unpaired) electrons. The first kappa shape index (κ1) is 17.4. The van der Waals surface area contributed by atoms with Gasteiger partial charge in [-0.1, -0.05) is 6.42 Å². The normalized spacial score (nSPS) is 17.2. The van der Waals surface area contributed by atoms with Gasteiger partial charge in [0.05, 0.1) is 13.0 Å². The quantitative estimate of drug-likeness (QED) is 0.644. The summed E-state index contributed by atoms with van der Waals surface area (Å²) < 4.78 is 5.26. The monoisotopic (exact) mass is 285 g/mol. The van der Waals surface area contributed by atoms with Crippen molar-refractivity contribution in [3.63, 3.8) is 0 Å². The lowest BCUT2D eigenvalue weighted by Crippen LogP contribution is -2.35. The van der Waals surface area contributed by atoms with Gasteiger partial charge >= 0.3 is 0 Å². The Kier molecular flexibility index (Phi) is 9.62. The van der Waals surface area contributed by atoms with E-state index in [1.54, 1.807) is 0 Å². The van der Waals surface area contributed by atoms with Crippen LogP contribution in [0.25, 0.3) is 0 Å². The van der Waals surface area contributed by atoms with Crippen LogP contribution in [0.1, 0.15) is 39.0 Å². The highest BCUT2D eigenvalue weighted by Crippen LogP contribution is 2.07. The Balaban J connectivity index is 2.19. The SMILES string of the molecule is CCOCCC(=O)N1CCCN(CCCCCN)CC1. The molecule has 20 heavy (non-hydrogen) atoms. The minimum Gasteiger partial charge on any atom is -0.381 e. The Morgan fingerprint density at radius 3 is 2.75 bits per heavy atom. The van der Waals surface area contributed by atoms with Crippen LogP contribution < -0.4 is 5.73 Å². The van der Waals surface area contributed by atoms with Gasteiger partial charge in [0.2, 0.25) is 5.91 Å². The summed E-state index contributed by atoms with van der Waals surface area (Å²) in [7, 11) is 0. The zero-order valence-corrected chi connectivity index (χ0v) is 13.0. The molecule has 0 aromatic heterocycles. The smallest absolute Gasteiger partial charge is 0.224 e. The van der Waals surface area contributed by atoms with E-state index in [1.807, 2.05) is 11.8 Å². The lowest BCUT2D eigenvalue weighted by atomic mass is 10.2. The Morgan fingerprint density at radius 1 is 1.15 bits per heavy atom. The second kappa shape index (κ2) is 11.1. The molecule has 0 unspecified atom stereocenters. The number of rotatable bonds is 9. The van der Waals surface area contributed by atoms with Gasteiger partial charge in [0.1, 0.15) is 0 Å². The van der Waals surface area contributed by atoms with Crippen molar-refractivity contribution in [2.75, 3.05) is 52.5 Å². The number of unbranched alkanes of at least 4 members (excludes halogenated alkanes) is 2. The van der Waals surface area contributed by atoms with E-state index >= 15 is 0 Å². The summed E-state index contributed by atoms with van der Waals surface area (Å²) in [4.78, 5) is 16.5. The fraction of sp³-hybridized carbons (Fsp3) is 0.933. The third kappa shape index (κ3) is 7.22. The highest BCUT2D eigenvalue weighted by molar-refractivity contribution is 5.76. The van der Waals surface area contributed by atoms with Crippen molar-refractivity contribution in [1.82, 2.24) is 9.80 Å². The van der Waals surface area contributed by atoms with Crippen LogP contribution in [0, 0.1) is 0 Å². The summed E-state index contributed by atoms with van der Waals surface area (Å²) in [5, 5.41) is 0. The van der Waals surface area contributed by atoms with Crippen LogP contribution in [0.3, 0.4) is 0 Å². The zero-order valence-electron chi connectivity index (χ0n) is 13.0. The second-order valence-corrected chi connectivity index (χ2v) is 5.37. The molecule has 1 rings (SSSR count). The molecule has 1 aliphatic heterocycles. The van der Waals surface area contributed by atoms with Crippen LogP contribution >= 0.6 is 0 Å². The summed E-state index contributed by atoms with van der Waals surface area (Å²) in [6, 6.07) is 0. The topological polar surface area (TPSA) is 58.8 Å². The Hall–Kier alpha value is -0.650. The summed E-state index contributed by atoms with van der Waals surface area (Å²) in [6.07, 6.45) is 5.15. The van der Waals surface area contributed by atoms with Crippen LogP contribution in [-0.4, -0.2) is 68.2 Å². The van der Waals surface area contributed by atoms with Gasteiger partial charge in [0.25, 0.3) is 0 Å². The van der Waals surface area contributed by atoms with Crippen LogP contribution in [-0.2, 0) is 9.53 Å². The summed E-state index contributed by atoms with van der Waals surface area (Å²) in [5.74, 6) is 0.239. The van der Waals surface area contributed by atoms with E-state index < -0.39 is 0 Å². The van der Waals surface area contributed by atoms with E-state index in [-0.39, 0.29) is 5.91 Å². The van der Waals surface area contributed by atoms with Gasteiger partial charge in [-0.25, -0.2) is 0 Å². The third-order valence-corrected chi connectivity index (χ3v) is 3.78. The predicted molar refractivity (Wildman–Crippen MR) is 81.7 cm³/mol. The standard InChI is InChI=1S/C15H31N3O2/c1-2-20-14-7-15(19)18-11-6-10-17(12-13-18)9-5-3-4-8-16/h2-14,16H2,1H3. The molecule has 0 bridgehead atoms. The first-order valence-electron chi connectivity index (χ1n) is 8.06. The van der Waals surface area contributed by atoms with Crippen molar-refractivity contribution >= 4 is 5.91 Å². The third-order valence-electron chi connectivity index (χ3n) is 3.78. The number of carbonyl (C=O) groups excluding carboxylic acids is 1. The van der Waals surface area contributed by atoms with E-state index in [2.05, 4.69) is 4.90 Å². The van der Waals surface area contributed by atoms with Gasteiger partial charge in [-0.05, 0) is 45.8 Å². The number of ether oxygens (including phenoxy) is 1. The lowest BCUT2D eigenvalue weighted by molar-refractivity contribution is -0.132. The molecule has 0 aromatic rings. The summed E-state index contributed by atoms with van der Waals surface area (Å²) in [6.45, 7) is 8.99. The molecule has 0 aromatic carbocycles. The molecule has 5 heteroatoms. The molecule has 1 fully saturated rings. The highest BCUT2D eigenvalue weighted by Gasteiger charge is 2.18. The van der Waals surface area contributed by atoms with Gasteiger partial charge in [0.15, 0.2) is 0 Å². The molecule has 1 aliphatic rings. The molecule has 1 saturated heterocycles. The molecule has 2 N–H and O–H groups in total. The molecule has 0 atom stereocenters. The molecule has 1 amide bonds. The molecule has 118 valence electrons. The van der Waals surface area contributed by atoms with E-state index in [9.17, 15) is 4.79 Å². The van der Waals surface area contributed by atoms with Crippen LogP contribution in [0.5, 0.6) is 0 Å². The average molecular weight is 285 g/mol. The van der Waals surface area contributed by atoms with Crippen molar-refractivity contribution in [2.45, 2.75) is 39.0 Å². The number of hydrogen-bond acceptors (Lipinski definition) is 4. The van der Waals surface area contributed by atoms with Crippen molar-refractivity contribution < 1.29 is 9.53 Å². The minimum atomic E-state index is 0.239. The number of amides is 1. The molecule has 0 aliphatic carbocycles. The maximum Gasteiger partial charge on any atom is 0.224 e. The van der Waals surface area contributed by atoms with Gasteiger partial charge in [0, 0.05) is 26.2 Å². The maximum absolute atomic E-state index is 12.0. The fourth-order valence-electron chi connectivity index (χ4n) is 2.56. The van der Waals surface area contributed by atoms with Crippen molar-refractivity contribution in [3.8, 4) is 0 Å². The average Bonchev–Trinajstić information content (AvgIpc) is 2.69. The molecule has 1 heterocycles. The van der Waals surface area contributed by atoms with E-state index in [0.717, 1.165) is 52.1 Å². The Bertz CT molecular complexity index is 262. The van der Waals surface area contributed by atoms with E-state index in [0.29, 0.717) is 19.6 Å². The Labute approximate surface area is 123 Å². The summed E-state index contributed by atoms with van der Waals surface area (Å²) in [5.41, 5.74) is 5.51. The predicted octanol–water partition coefficient (Wildman–Crippen LogP) is 1.08. The first-order valence-corrected chi connectivity index (χ1v) is 8.06. The molecule has 5 nitrogen and oxygen atoms in total. The van der Waals surface area contributed by atoms with E-state index in [1.165, 1.54) is 12.8 Å². The molecule has 0 saturated carbocycles. The minimum absolute atomic E-state index is 0.239. The lowest BCUT2D eigenvalue weighted by Gasteiger charge is -2.22. The fourth-order valence-corrected chi connectivity index (χ4v) is 2.56. The second-order valence-electron chi connectivity index (χ2n) is 5.37. The van der Waals surface area contributed by atoms with Gasteiger partial charge < -0.3 is 20.3 Å². The van der Waals surface area contributed by atoms with Gasteiger partial charge in [-0.15, -0.1) is 0 Å². The van der Waals surface area contributed by atoms with Crippen molar-refractivity contribution in [3.05, 3.63) is 0 Å². The maximum atomic E-state index is 12.0. The highest BCUT2D eigenvalue weighted by atomic mass is 16.5. The van der Waals surface area contributed by atoms with Crippen molar-refractivity contribution in [2.24, 2.45) is 5.73 Å². The molecular formula is C15H31N3O2. The molecule has 0 spiro atoms. The zero-order chi connectivity index (χ0) is 14.6. The Morgan fingerprint density at radius 2 is 2.00 bits per heavy atom. The molecular weight excluding hydrogens is 254 g/mol. The first-order chi connectivity index (χ1) is 9.77. The van der Waals surface area contributed by atoms with Gasteiger partial charge in [-0.2, -0.15) is 0 Å². The van der Waals surface area contributed by atoms with E-state index in [4.69, 9.17) is 10.5 Å². The van der Waals surface area contributed by atoms with Crippen LogP contribution in [0.2, 0.25) is 0 Å². The van der Waals surface area contributed by atoms with Crippen molar-refractivity contribution in [1.29, 1.82) is 0 Å². The summed E-state index contributed by atoms with van der Waals surface area (Å²) >= 11 is 0.